The number of unbranched alkanes of at least 4 members (excludes halogenated alkanes) is 1. The molecule has 3 aromatic heterocycles. The molecule has 0 aliphatic rings. The molecule has 5 aromatic carbocycles. The van der Waals surface area contributed by atoms with E-state index in [1.54, 1.807) is 58.3 Å². The van der Waals surface area contributed by atoms with E-state index >= 15 is 0 Å². The molecule has 0 saturated heterocycles. The number of allylic oxidation sites excluding steroid dienone is 1. The van der Waals surface area contributed by atoms with Gasteiger partial charge in [0.1, 0.15) is 12.1 Å². The summed E-state index contributed by atoms with van der Waals surface area (Å²) in [6.45, 7) is 23.3. The van der Waals surface area contributed by atoms with Gasteiger partial charge in [0.15, 0.2) is 0 Å². The maximum atomic E-state index is 10.0. The third-order valence-corrected chi connectivity index (χ3v) is 10.9. The predicted octanol–water partition coefficient (Wildman–Crippen LogP) is 9.09. The first kappa shape index (κ1) is 80.3. The number of nitrogens with one attached hydrogen (secondary N) is 3. The maximum Gasteiger partial charge on any atom is 1.00 e. The molecule has 23 heteroatoms. The van der Waals surface area contributed by atoms with Gasteiger partial charge in [-0.05, 0) is 105 Å². The van der Waals surface area contributed by atoms with Gasteiger partial charge in [-0.2, -0.15) is 37.3 Å². The molecule has 0 aliphatic heterocycles. The quantitative estimate of drug-likeness (QED) is 0.00508. The second-order valence-corrected chi connectivity index (χ2v) is 19.1. The Bertz CT molecular complexity index is 2870. The van der Waals surface area contributed by atoms with E-state index in [0.717, 1.165) is 42.5 Å². The Labute approximate surface area is 537 Å². The van der Waals surface area contributed by atoms with Crippen LogP contribution < -0.4 is 35.6 Å². The van der Waals surface area contributed by atoms with Gasteiger partial charge >= 0.3 is 33.3 Å². The Hall–Kier alpha value is -7.75. The van der Waals surface area contributed by atoms with Crippen LogP contribution in [0.3, 0.4) is 0 Å². The van der Waals surface area contributed by atoms with Gasteiger partial charge < -0.3 is 42.1 Å². The standard InChI is InChI=1S/C10H11BN2O2.C10H9IN2.2C10H11N3.C9H21BO3.C7H6O.C4H9.C3H3N.Li.H2N2.H2/c14-11(15)10-6-7-12-13(10)8-9-4-2-1-3-5-9;2*11-10-6-7-12-13(10)8-9-4-2-1-3-5-9;11-7-4-8-12-13-9-10-5-2-1-3-6-10;1-7(2)11-10(12-8(3)4)13-9(5)6;8-6-7-4-2-1-3-5-7;1-3-4-2;1-2-3-4;;1-2;/h1-7,14-15H,8H2;1-7H,8H2;1-7H,8,11H2;1-3,5-6,9,12H,4,8H2;7-9H,1-6H3;1-6H;1,3-4H2,2H3;2H,1H2;;1-2H;1H/q;;;;;;-1;;+1;;/b;;;13-9+;;;;;;;. The van der Waals surface area contributed by atoms with Gasteiger partial charge in [0.2, 0.25) is 0 Å². The molecule has 7 N–H and O–H groups in total. The summed E-state index contributed by atoms with van der Waals surface area (Å²) in [6.07, 6.45) is 11.9. The molecule has 19 nitrogen and oxygen atoms in total. The zero-order valence-corrected chi connectivity index (χ0v) is 53.0. The molecule has 0 amide bonds. The summed E-state index contributed by atoms with van der Waals surface area (Å²) in [5.41, 5.74) is 24.2. The maximum absolute atomic E-state index is 10.0. The molecule has 0 bridgehead atoms. The fourth-order valence-electron chi connectivity index (χ4n) is 6.00. The summed E-state index contributed by atoms with van der Waals surface area (Å²) in [5, 5.41) is 50.2. The third kappa shape index (κ3) is 42.1. The molecule has 452 valence electrons. The van der Waals surface area contributed by atoms with Gasteiger partial charge in [-0.3, -0.25) is 14.2 Å². The minimum Gasteiger partial charge on any atom is -0.422 e. The van der Waals surface area contributed by atoms with Gasteiger partial charge in [-0.15, -0.1) is 0 Å². The fraction of sp³-hybridized carbons (Fsp3) is 0.270. The summed E-state index contributed by atoms with van der Waals surface area (Å²) >= 11 is 2.28. The average molecular weight is 1280 g/mol. The molecule has 0 spiro atoms. The molecule has 0 aliphatic carbocycles. The van der Waals surface area contributed by atoms with E-state index in [1.165, 1.54) is 27.3 Å². The van der Waals surface area contributed by atoms with E-state index in [4.69, 9.17) is 51.3 Å². The molecular weight excluding hydrogens is 1190 g/mol. The molecule has 0 fully saturated rings. The molecule has 86 heavy (non-hydrogen) atoms. The Morgan fingerprint density at radius 2 is 1.06 bits per heavy atom. The topological polar surface area (TPSA) is 284 Å². The van der Waals surface area contributed by atoms with Crippen molar-refractivity contribution in [2.75, 3.05) is 12.3 Å². The molecule has 8 rings (SSSR count). The Morgan fingerprint density at radius 3 is 1.40 bits per heavy atom. The molecule has 0 radical (unpaired) electrons. The molecular formula is C63H85B2ILiN13O6. The summed E-state index contributed by atoms with van der Waals surface area (Å²) in [7, 11) is -2.02. The molecule has 8 aromatic rings. The Balaban J connectivity index is -0.000000944. The SMILES string of the molecule is C=CC#N.CC(C)OB(OC(C)C)OC(C)C.Ic1ccnn1Cc1ccccc1.N#CCCN/N=C/c1ccccc1.N=N.Nc1ccnn1Cc1ccccc1.O=Cc1ccccc1.OB(O)c1ccnn1Cc1ccccc1.[CH2-]CCC.[HH].[Li+]. The van der Waals surface area contributed by atoms with Crippen molar-refractivity contribution >= 4 is 60.9 Å². The number of nitrogens with zero attached hydrogens (tertiary/aromatic N) is 9. The Morgan fingerprint density at radius 1 is 0.686 bits per heavy atom. The summed E-state index contributed by atoms with van der Waals surface area (Å²) in [6, 6.07) is 58.2. The van der Waals surface area contributed by atoms with Crippen molar-refractivity contribution in [2.45, 2.75) is 106 Å². The van der Waals surface area contributed by atoms with E-state index in [-0.39, 0.29) is 38.6 Å². The van der Waals surface area contributed by atoms with Crippen LogP contribution >= 0.6 is 22.6 Å². The zero-order valence-electron chi connectivity index (χ0n) is 50.9. The normalized spacial score (nSPS) is 9.49. The van der Waals surface area contributed by atoms with Crippen molar-refractivity contribution < 1.29 is 49.1 Å². The third-order valence-electron chi connectivity index (χ3n) is 9.94. The number of anilines is 1. The number of aromatic nitrogens is 6. The van der Waals surface area contributed by atoms with Gasteiger partial charge in [-0.25, -0.2) is 15.7 Å². The van der Waals surface area contributed by atoms with Gasteiger partial charge in [0.05, 0.1) is 66.1 Å². The summed E-state index contributed by atoms with van der Waals surface area (Å²) in [5.74, 6) is 0.698. The van der Waals surface area contributed by atoms with Crippen molar-refractivity contribution in [1.82, 2.24) is 34.8 Å². The first-order valence-corrected chi connectivity index (χ1v) is 28.3. The smallest absolute Gasteiger partial charge is 0.422 e. The average Bonchev–Trinajstić information content (AvgIpc) is 3.83. The summed E-state index contributed by atoms with van der Waals surface area (Å²) in [4.78, 5) is 10.0. The van der Waals surface area contributed by atoms with Crippen LogP contribution in [0.25, 0.3) is 0 Å². The first-order valence-electron chi connectivity index (χ1n) is 27.2. The number of nitriles is 2. The number of hydrazone groups is 1. The number of nitrogen functional groups attached to an aromatic ring is 1. The molecule has 0 atom stereocenters. The van der Waals surface area contributed by atoms with Crippen LogP contribution in [0, 0.1) is 44.3 Å². The fourth-order valence-corrected chi connectivity index (χ4v) is 6.46. The minimum atomic E-state index is -1.48. The largest absolute Gasteiger partial charge is 1.00 e. The van der Waals surface area contributed by atoms with E-state index in [2.05, 4.69) is 93.1 Å². The molecule has 0 unspecified atom stereocenters. The number of hydrogen-bond donors (Lipinski definition) is 6. The second kappa shape index (κ2) is 53.9. The number of nitrogens with two attached hydrogens (primary N) is 1. The number of hydrogen-bond acceptors (Lipinski definition) is 16. The van der Waals surface area contributed by atoms with Crippen LogP contribution in [-0.2, 0) is 33.6 Å². The van der Waals surface area contributed by atoms with Crippen LogP contribution in [0.4, 0.5) is 5.82 Å². The monoisotopic (exact) mass is 1280 g/mol. The van der Waals surface area contributed by atoms with Crippen LogP contribution in [-0.4, -0.2) is 91.2 Å². The van der Waals surface area contributed by atoms with E-state index < -0.39 is 14.4 Å². The number of carbonyl (C=O) groups is 1. The minimum absolute atomic E-state index is 0. The van der Waals surface area contributed by atoms with Crippen molar-refractivity contribution in [3.63, 3.8) is 0 Å². The van der Waals surface area contributed by atoms with Crippen LogP contribution in [0.5, 0.6) is 0 Å². The predicted molar refractivity (Wildman–Crippen MR) is 352 cm³/mol. The van der Waals surface area contributed by atoms with E-state index in [1.807, 2.05) is 180 Å². The first-order chi connectivity index (χ1) is 41.1. The number of aldehydes is 1. The molecule has 3 heterocycles. The van der Waals surface area contributed by atoms with Gasteiger partial charge in [0.25, 0.3) is 0 Å². The van der Waals surface area contributed by atoms with E-state index in [9.17, 15) is 4.79 Å². The van der Waals surface area contributed by atoms with E-state index in [0.29, 0.717) is 30.9 Å². The van der Waals surface area contributed by atoms with Crippen LogP contribution in [0.15, 0.2) is 206 Å². The summed E-state index contributed by atoms with van der Waals surface area (Å²) < 4.78 is 22.8. The number of benzene rings is 5. The number of halogens is 1. The Kier molecular flexibility index (Phi) is 50.4. The van der Waals surface area contributed by atoms with Crippen LogP contribution in [0.2, 0.25) is 0 Å². The second-order valence-electron chi connectivity index (χ2n) is 18.0. The zero-order chi connectivity index (χ0) is 63.3. The van der Waals surface area contributed by atoms with Gasteiger partial charge in [-0.1, -0.05) is 172 Å². The van der Waals surface area contributed by atoms with Crippen molar-refractivity contribution in [2.24, 2.45) is 5.10 Å². The van der Waals surface area contributed by atoms with Crippen molar-refractivity contribution in [3.8, 4) is 12.1 Å². The number of carbonyl (C=O) groups excluding carboxylic acids is 1. The number of rotatable bonds is 19. The van der Waals surface area contributed by atoms with Crippen molar-refractivity contribution in [1.29, 1.82) is 21.6 Å². The molecule has 0 saturated carbocycles. The van der Waals surface area contributed by atoms with Crippen LogP contribution in [0.1, 0.15) is 102 Å². The van der Waals surface area contributed by atoms with Crippen molar-refractivity contribution in [3.05, 3.63) is 240 Å². The van der Waals surface area contributed by atoms with Gasteiger partial charge in [0, 0.05) is 44.1 Å².